The van der Waals surface area contributed by atoms with E-state index in [1.165, 1.54) is 11.8 Å². The van der Waals surface area contributed by atoms with E-state index in [0.29, 0.717) is 35.2 Å². The molecule has 6 nitrogen and oxygen atoms in total. The molecule has 1 N–H and O–H groups in total. The Morgan fingerprint density at radius 2 is 1.76 bits per heavy atom. The summed E-state index contributed by atoms with van der Waals surface area (Å²) in [6.45, 7) is 0.147. The lowest BCUT2D eigenvalue weighted by Gasteiger charge is -2.10. The second-order valence-electron chi connectivity index (χ2n) is 6.00. The molecule has 0 atom stereocenters. The summed E-state index contributed by atoms with van der Waals surface area (Å²) in [6.07, 6.45) is 0.851. The average molecular weight is 438 g/mol. The summed E-state index contributed by atoms with van der Waals surface area (Å²) < 4.78 is 15.5. The monoisotopic (exact) mass is 437 g/mol. The third-order valence-corrected chi connectivity index (χ3v) is 5.20. The quantitative estimate of drug-likeness (QED) is 0.426. The zero-order valence-corrected chi connectivity index (χ0v) is 18.0. The summed E-state index contributed by atoms with van der Waals surface area (Å²) in [5.74, 6) is 1.13. The second-order valence-corrected chi connectivity index (χ2v) is 7.61. The molecular formula is C21H24ClNO5S. The Hall–Kier alpha value is -2.38. The van der Waals surface area contributed by atoms with Crippen LogP contribution in [0.25, 0.3) is 0 Å². The minimum absolute atomic E-state index is 0.228. The normalized spacial score (nSPS) is 10.3. The summed E-state index contributed by atoms with van der Waals surface area (Å²) in [7, 11) is 3.15. The Morgan fingerprint density at radius 3 is 2.45 bits per heavy atom. The highest BCUT2D eigenvalue weighted by Gasteiger charge is 2.09. The van der Waals surface area contributed by atoms with Crippen molar-refractivity contribution < 1.29 is 23.8 Å². The Balaban J connectivity index is 1.61. The number of nitrogens with one attached hydrogen (secondary N) is 1. The van der Waals surface area contributed by atoms with Gasteiger partial charge in [0.05, 0.1) is 20.6 Å². The van der Waals surface area contributed by atoms with E-state index in [9.17, 15) is 9.59 Å². The van der Waals surface area contributed by atoms with Gasteiger partial charge < -0.3 is 19.5 Å². The first-order valence-corrected chi connectivity index (χ1v) is 10.4. The molecule has 1 amide bonds. The lowest BCUT2D eigenvalue weighted by Crippen LogP contribution is -2.30. The first-order chi connectivity index (χ1) is 14.0. The number of thioether (sulfide) groups is 1. The van der Waals surface area contributed by atoms with E-state index in [1.54, 1.807) is 26.4 Å². The van der Waals surface area contributed by atoms with Gasteiger partial charge >= 0.3 is 5.97 Å². The van der Waals surface area contributed by atoms with Crippen molar-refractivity contribution in [1.82, 2.24) is 5.32 Å². The molecule has 29 heavy (non-hydrogen) atoms. The van der Waals surface area contributed by atoms with Crippen LogP contribution in [0.3, 0.4) is 0 Å². The molecule has 0 heterocycles. The highest BCUT2D eigenvalue weighted by molar-refractivity contribution is 7.99. The van der Waals surface area contributed by atoms with Gasteiger partial charge in [-0.25, -0.2) is 0 Å². The molecular weight excluding hydrogens is 414 g/mol. The average Bonchev–Trinajstić information content (AvgIpc) is 2.73. The molecule has 0 bridgehead atoms. The molecule has 2 aromatic carbocycles. The number of halogens is 1. The maximum Gasteiger partial charge on any atom is 0.307 e. The molecule has 0 aliphatic carbocycles. The van der Waals surface area contributed by atoms with Crippen molar-refractivity contribution in [1.29, 1.82) is 0 Å². The molecule has 2 rings (SSSR count). The molecule has 8 heteroatoms. The van der Waals surface area contributed by atoms with E-state index >= 15 is 0 Å². The second kappa shape index (κ2) is 12.2. The first kappa shape index (κ1) is 22.9. The van der Waals surface area contributed by atoms with Crippen LogP contribution in [-0.4, -0.2) is 45.0 Å². The van der Waals surface area contributed by atoms with E-state index in [-0.39, 0.29) is 18.9 Å². The van der Waals surface area contributed by atoms with Gasteiger partial charge in [0.2, 0.25) is 0 Å². The number of ether oxygens (including phenoxy) is 3. The fraction of sp³-hybridized carbons (Fsp3) is 0.333. The molecule has 0 spiro atoms. The molecule has 0 saturated heterocycles. The number of esters is 1. The van der Waals surface area contributed by atoms with E-state index in [2.05, 4.69) is 5.32 Å². The summed E-state index contributed by atoms with van der Waals surface area (Å²) >= 11 is 7.36. The molecule has 0 saturated carbocycles. The highest BCUT2D eigenvalue weighted by Crippen LogP contribution is 2.27. The van der Waals surface area contributed by atoms with Crippen LogP contribution in [0.1, 0.15) is 12.0 Å². The fourth-order valence-corrected chi connectivity index (χ4v) is 3.39. The van der Waals surface area contributed by atoms with E-state index < -0.39 is 5.97 Å². The van der Waals surface area contributed by atoms with Gasteiger partial charge in [0.25, 0.3) is 5.91 Å². The van der Waals surface area contributed by atoms with Crippen molar-refractivity contribution in [2.45, 2.75) is 17.7 Å². The van der Waals surface area contributed by atoms with Gasteiger partial charge in [-0.2, -0.15) is 0 Å². The smallest absolute Gasteiger partial charge is 0.307 e. The van der Waals surface area contributed by atoms with Crippen LogP contribution < -0.4 is 14.8 Å². The van der Waals surface area contributed by atoms with Crippen molar-refractivity contribution in [3.63, 3.8) is 0 Å². The number of carbonyl (C=O) groups is 2. The summed E-state index contributed by atoms with van der Waals surface area (Å²) in [5.41, 5.74) is 0.999. The SMILES string of the molecule is COc1ccc(CCNC(=O)COC(=O)CCSc2ccc(Cl)cc2)cc1OC. The lowest BCUT2D eigenvalue weighted by molar-refractivity contribution is -0.148. The number of amides is 1. The van der Waals surface area contributed by atoms with Crippen molar-refractivity contribution in [3.05, 3.63) is 53.1 Å². The predicted octanol–water partition coefficient (Wildman–Crippen LogP) is 3.74. The Kier molecular flexibility index (Phi) is 9.67. The first-order valence-electron chi connectivity index (χ1n) is 9.03. The minimum Gasteiger partial charge on any atom is -0.493 e. The number of methoxy groups -OCH3 is 2. The minimum atomic E-state index is -0.401. The van der Waals surface area contributed by atoms with Crippen LogP contribution in [0.4, 0.5) is 0 Å². The zero-order valence-electron chi connectivity index (χ0n) is 16.4. The molecule has 0 aliphatic rings. The largest absolute Gasteiger partial charge is 0.493 e. The van der Waals surface area contributed by atoms with Crippen LogP contribution >= 0.6 is 23.4 Å². The molecule has 0 unspecified atom stereocenters. The van der Waals surface area contributed by atoms with Crippen molar-refractivity contribution in [2.75, 3.05) is 33.1 Å². The van der Waals surface area contributed by atoms with Crippen LogP contribution in [0, 0.1) is 0 Å². The van der Waals surface area contributed by atoms with Gasteiger partial charge in [-0.3, -0.25) is 9.59 Å². The standard InChI is InChI=1S/C21H24ClNO5S/c1-26-18-8-3-15(13-19(18)27-2)9-11-23-20(24)14-28-21(25)10-12-29-17-6-4-16(22)5-7-17/h3-8,13H,9-12,14H2,1-2H3,(H,23,24). The number of rotatable bonds is 11. The maximum absolute atomic E-state index is 11.8. The number of hydrogen-bond donors (Lipinski definition) is 1. The highest BCUT2D eigenvalue weighted by atomic mass is 35.5. The van der Waals surface area contributed by atoms with E-state index in [0.717, 1.165) is 10.5 Å². The third-order valence-electron chi connectivity index (χ3n) is 3.94. The van der Waals surface area contributed by atoms with Gasteiger partial charge in [-0.1, -0.05) is 17.7 Å². The third kappa shape index (κ3) is 8.25. The van der Waals surface area contributed by atoms with Gasteiger partial charge in [0.15, 0.2) is 18.1 Å². The van der Waals surface area contributed by atoms with Crippen LogP contribution in [-0.2, 0) is 20.7 Å². The summed E-state index contributed by atoms with van der Waals surface area (Å²) in [6, 6.07) is 13.0. The van der Waals surface area contributed by atoms with Crippen molar-refractivity contribution in [2.24, 2.45) is 0 Å². The number of hydrogen-bond acceptors (Lipinski definition) is 6. The Labute approximate surface area is 179 Å². The molecule has 156 valence electrons. The Bertz CT molecular complexity index is 813. The number of carbonyl (C=O) groups excluding carboxylic acids is 2. The number of benzene rings is 2. The fourth-order valence-electron chi connectivity index (χ4n) is 2.43. The predicted molar refractivity (Wildman–Crippen MR) is 114 cm³/mol. The van der Waals surface area contributed by atoms with E-state index in [4.69, 9.17) is 25.8 Å². The van der Waals surface area contributed by atoms with Crippen LogP contribution in [0.15, 0.2) is 47.4 Å². The van der Waals surface area contributed by atoms with Gasteiger partial charge in [0, 0.05) is 22.2 Å². The molecule has 0 radical (unpaired) electrons. The van der Waals surface area contributed by atoms with Crippen molar-refractivity contribution in [3.8, 4) is 11.5 Å². The van der Waals surface area contributed by atoms with Gasteiger partial charge in [-0.05, 0) is 48.4 Å². The van der Waals surface area contributed by atoms with E-state index in [1.807, 2.05) is 30.3 Å². The molecule has 0 aromatic heterocycles. The summed E-state index contributed by atoms with van der Waals surface area (Å²) in [4.78, 5) is 24.6. The van der Waals surface area contributed by atoms with Gasteiger partial charge in [0.1, 0.15) is 0 Å². The summed E-state index contributed by atoms with van der Waals surface area (Å²) in [5, 5.41) is 3.41. The molecule has 2 aromatic rings. The van der Waals surface area contributed by atoms with Crippen LogP contribution in [0.2, 0.25) is 5.02 Å². The lowest BCUT2D eigenvalue weighted by atomic mass is 10.1. The Morgan fingerprint density at radius 1 is 1.03 bits per heavy atom. The topological polar surface area (TPSA) is 73.9 Å². The van der Waals surface area contributed by atoms with Crippen LogP contribution in [0.5, 0.6) is 11.5 Å². The van der Waals surface area contributed by atoms with Crippen molar-refractivity contribution >= 4 is 35.2 Å². The van der Waals surface area contributed by atoms with Gasteiger partial charge in [-0.15, -0.1) is 11.8 Å². The maximum atomic E-state index is 11.8. The zero-order chi connectivity index (χ0) is 21.1. The molecule has 0 fully saturated rings. The molecule has 0 aliphatic heterocycles.